The third-order valence-corrected chi connectivity index (χ3v) is 1.55. The highest BCUT2D eigenvalue weighted by Gasteiger charge is 2.00. The summed E-state index contributed by atoms with van der Waals surface area (Å²) in [5.41, 5.74) is 1.17. The van der Waals surface area contributed by atoms with Crippen LogP contribution in [0.4, 0.5) is 0 Å². The van der Waals surface area contributed by atoms with Crippen LogP contribution in [-0.2, 0) is 0 Å². The summed E-state index contributed by atoms with van der Waals surface area (Å²) in [6, 6.07) is 0. The Kier molecular flexibility index (Phi) is 5.81. The van der Waals surface area contributed by atoms with Gasteiger partial charge in [0, 0.05) is 12.3 Å². The lowest BCUT2D eigenvalue weighted by Gasteiger charge is -1.99. The standard InChI is InChI=1S/C8H13N.C2H6/c1-7-4-3-5-8(2)9-6-7;1-2/h3,5,7H,4,6H2,1-2H3;1-2H3. The van der Waals surface area contributed by atoms with Crippen molar-refractivity contribution >= 4 is 5.71 Å². The molecule has 0 radical (unpaired) electrons. The van der Waals surface area contributed by atoms with E-state index in [-0.39, 0.29) is 0 Å². The molecule has 1 heterocycles. The molecule has 11 heavy (non-hydrogen) atoms. The number of aliphatic imine (C=N–C) groups is 1. The lowest BCUT2D eigenvalue weighted by Crippen LogP contribution is -1.95. The molecular formula is C10H19N. The first-order chi connectivity index (χ1) is 5.29. The van der Waals surface area contributed by atoms with Crippen LogP contribution in [0.15, 0.2) is 17.1 Å². The van der Waals surface area contributed by atoms with Crippen LogP contribution in [0.25, 0.3) is 0 Å². The zero-order chi connectivity index (χ0) is 8.69. The lowest BCUT2D eigenvalue weighted by atomic mass is 10.1. The Hall–Kier alpha value is -0.590. The minimum Gasteiger partial charge on any atom is -0.290 e. The number of rotatable bonds is 0. The summed E-state index contributed by atoms with van der Waals surface area (Å²) in [7, 11) is 0. The van der Waals surface area contributed by atoms with Gasteiger partial charge in [0.25, 0.3) is 0 Å². The van der Waals surface area contributed by atoms with E-state index < -0.39 is 0 Å². The smallest absolute Gasteiger partial charge is 0.0421 e. The van der Waals surface area contributed by atoms with Gasteiger partial charge in [0.05, 0.1) is 0 Å². The number of hydrogen-bond donors (Lipinski definition) is 0. The van der Waals surface area contributed by atoms with Crippen LogP contribution in [-0.4, -0.2) is 12.3 Å². The Morgan fingerprint density at radius 3 is 2.73 bits per heavy atom. The Morgan fingerprint density at radius 1 is 1.45 bits per heavy atom. The molecule has 0 amide bonds. The molecule has 1 atom stereocenters. The minimum atomic E-state index is 0.735. The van der Waals surface area contributed by atoms with E-state index in [2.05, 4.69) is 31.0 Å². The fourth-order valence-electron chi connectivity index (χ4n) is 0.898. The third-order valence-electron chi connectivity index (χ3n) is 1.55. The predicted molar refractivity (Wildman–Crippen MR) is 52.2 cm³/mol. The molecule has 0 saturated heterocycles. The van der Waals surface area contributed by atoms with Gasteiger partial charge in [-0.05, 0) is 25.3 Å². The van der Waals surface area contributed by atoms with Gasteiger partial charge >= 0.3 is 0 Å². The zero-order valence-corrected chi connectivity index (χ0v) is 8.09. The molecule has 1 aliphatic heterocycles. The molecule has 0 aliphatic carbocycles. The molecule has 1 aliphatic rings. The lowest BCUT2D eigenvalue weighted by molar-refractivity contribution is 0.611. The maximum Gasteiger partial charge on any atom is 0.0421 e. The monoisotopic (exact) mass is 153 g/mol. The van der Waals surface area contributed by atoms with Gasteiger partial charge in [-0.3, -0.25) is 4.99 Å². The summed E-state index contributed by atoms with van der Waals surface area (Å²) in [5, 5.41) is 0. The first kappa shape index (κ1) is 10.4. The van der Waals surface area contributed by atoms with Crippen molar-refractivity contribution in [2.24, 2.45) is 10.9 Å². The first-order valence-electron chi connectivity index (χ1n) is 4.46. The number of allylic oxidation sites excluding steroid dienone is 2. The van der Waals surface area contributed by atoms with Crippen LogP contribution in [0.5, 0.6) is 0 Å². The van der Waals surface area contributed by atoms with Gasteiger partial charge in [-0.1, -0.05) is 26.8 Å². The Balaban J connectivity index is 0.000000461. The zero-order valence-electron chi connectivity index (χ0n) is 8.09. The average Bonchev–Trinajstić information content (AvgIpc) is 2.20. The summed E-state index contributed by atoms with van der Waals surface area (Å²) in [4.78, 5) is 4.33. The van der Waals surface area contributed by atoms with Crippen molar-refractivity contribution in [3.05, 3.63) is 12.2 Å². The quantitative estimate of drug-likeness (QED) is 0.507. The Bertz CT molecular complexity index is 145. The molecule has 0 aromatic heterocycles. The summed E-state index contributed by atoms with van der Waals surface area (Å²) in [5.74, 6) is 0.735. The molecule has 0 aromatic carbocycles. The van der Waals surface area contributed by atoms with Crippen LogP contribution >= 0.6 is 0 Å². The highest BCUT2D eigenvalue weighted by atomic mass is 14.7. The molecule has 0 N–H and O–H groups in total. The Morgan fingerprint density at radius 2 is 2.09 bits per heavy atom. The SMILES string of the molecule is CC.CC1=NCC(C)CC=C1. The largest absolute Gasteiger partial charge is 0.290 e. The van der Waals surface area contributed by atoms with E-state index in [9.17, 15) is 0 Å². The molecule has 0 aromatic rings. The maximum atomic E-state index is 4.33. The maximum absolute atomic E-state index is 4.33. The molecule has 0 spiro atoms. The molecule has 1 unspecified atom stereocenters. The molecule has 0 saturated carbocycles. The van der Waals surface area contributed by atoms with Gasteiger partial charge < -0.3 is 0 Å². The highest BCUT2D eigenvalue weighted by Crippen LogP contribution is 2.06. The number of nitrogens with zero attached hydrogens (tertiary/aromatic N) is 1. The van der Waals surface area contributed by atoms with E-state index in [0.29, 0.717) is 0 Å². The van der Waals surface area contributed by atoms with Crippen molar-refractivity contribution in [1.29, 1.82) is 0 Å². The highest BCUT2D eigenvalue weighted by molar-refractivity contribution is 5.92. The van der Waals surface area contributed by atoms with Crippen molar-refractivity contribution in [2.75, 3.05) is 6.54 Å². The van der Waals surface area contributed by atoms with Crippen molar-refractivity contribution in [2.45, 2.75) is 34.1 Å². The van der Waals surface area contributed by atoms with Crippen molar-refractivity contribution in [1.82, 2.24) is 0 Å². The van der Waals surface area contributed by atoms with Gasteiger partial charge in [-0.15, -0.1) is 0 Å². The average molecular weight is 153 g/mol. The van der Waals surface area contributed by atoms with E-state index in [1.807, 2.05) is 13.8 Å². The second kappa shape index (κ2) is 6.14. The molecule has 0 fully saturated rings. The molecule has 1 heteroatoms. The Labute approximate surface area is 70.2 Å². The van der Waals surface area contributed by atoms with Gasteiger partial charge in [0.1, 0.15) is 0 Å². The van der Waals surface area contributed by atoms with Gasteiger partial charge in [-0.25, -0.2) is 0 Å². The molecule has 64 valence electrons. The second-order valence-corrected chi connectivity index (χ2v) is 2.73. The van der Waals surface area contributed by atoms with Crippen LogP contribution in [0.2, 0.25) is 0 Å². The number of hydrogen-bond acceptors (Lipinski definition) is 1. The first-order valence-corrected chi connectivity index (χ1v) is 4.46. The summed E-state index contributed by atoms with van der Waals surface area (Å²) < 4.78 is 0. The fraction of sp³-hybridized carbons (Fsp3) is 0.700. The second-order valence-electron chi connectivity index (χ2n) is 2.73. The van der Waals surface area contributed by atoms with Crippen LogP contribution in [0.1, 0.15) is 34.1 Å². The van der Waals surface area contributed by atoms with E-state index >= 15 is 0 Å². The van der Waals surface area contributed by atoms with Crippen molar-refractivity contribution < 1.29 is 0 Å². The van der Waals surface area contributed by atoms with E-state index in [4.69, 9.17) is 0 Å². The third kappa shape index (κ3) is 4.77. The molecule has 1 rings (SSSR count). The molecule has 0 bridgehead atoms. The normalized spacial score (nSPS) is 22.9. The van der Waals surface area contributed by atoms with Gasteiger partial charge in [-0.2, -0.15) is 0 Å². The predicted octanol–water partition coefficient (Wildman–Crippen LogP) is 3.07. The fourth-order valence-corrected chi connectivity index (χ4v) is 0.898. The molecule has 1 nitrogen and oxygen atoms in total. The molecular weight excluding hydrogens is 134 g/mol. The van der Waals surface area contributed by atoms with E-state index in [0.717, 1.165) is 12.5 Å². The van der Waals surface area contributed by atoms with Crippen molar-refractivity contribution in [3.63, 3.8) is 0 Å². The van der Waals surface area contributed by atoms with Crippen molar-refractivity contribution in [3.8, 4) is 0 Å². The minimum absolute atomic E-state index is 0.735. The van der Waals surface area contributed by atoms with Gasteiger partial charge in [0.2, 0.25) is 0 Å². The van der Waals surface area contributed by atoms with Crippen LogP contribution < -0.4 is 0 Å². The van der Waals surface area contributed by atoms with Crippen LogP contribution in [0, 0.1) is 5.92 Å². The van der Waals surface area contributed by atoms with E-state index in [1.165, 1.54) is 12.1 Å². The van der Waals surface area contributed by atoms with Gasteiger partial charge in [0.15, 0.2) is 0 Å². The summed E-state index contributed by atoms with van der Waals surface area (Å²) >= 11 is 0. The summed E-state index contributed by atoms with van der Waals surface area (Å²) in [6.07, 6.45) is 5.49. The topological polar surface area (TPSA) is 12.4 Å². The van der Waals surface area contributed by atoms with Crippen LogP contribution in [0.3, 0.4) is 0 Å². The van der Waals surface area contributed by atoms with E-state index in [1.54, 1.807) is 0 Å². The summed E-state index contributed by atoms with van der Waals surface area (Å²) in [6.45, 7) is 9.28.